The van der Waals surface area contributed by atoms with E-state index >= 15 is 0 Å². The van der Waals surface area contributed by atoms with Crippen molar-refractivity contribution in [1.29, 1.82) is 0 Å². The standard InChI is InChI=1S/C21H40O5/c1-2-3-4-5-6-8-11-14-19(24)15-12-9-7-10-13-16-21(25)26-20(17-22)18-23/h6,8,19-20,22-24H,2-5,7,9-18H2,1H3. The molecule has 0 bridgehead atoms. The van der Waals surface area contributed by atoms with Crippen molar-refractivity contribution in [3.63, 3.8) is 0 Å². The van der Waals surface area contributed by atoms with Gasteiger partial charge in [-0.2, -0.15) is 0 Å². The second-order valence-electron chi connectivity index (χ2n) is 6.98. The van der Waals surface area contributed by atoms with Crippen molar-refractivity contribution in [3.05, 3.63) is 12.2 Å². The number of hydrogen-bond acceptors (Lipinski definition) is 5. The molecule has 0 aliphatic rings. The van der Waals surface area contributed by atoms with Crippen molar-refractivity contribution in [2.24, 2.45) is 0 Å². The predicted molar refractivity (Wildman–Crippen MR) is 105 cm³/mol. The summed E-state index contributed by atoms with van der Waals surface area (Å²) < 4.78 is 4.90. The monoisotopic (exact) mass is 372 g/mol. The third-order valence-electron chi connectivity index (χ3n) is 4.43. The normalized spacial score (nSPS) is 12.8. The summed E-state index contributed by atoms with van der Waals surface area (Å²) in [5, 5.41) is 27.6. The zero-order chi connectivity index (χ0) is 19.5. The highest BCUT2D eigenvalue weighted by Gasteiger charge is 2.11. The number of allylic oxidation sites excluding steroid dienone is 2. The van der Waals surface area contributed by atoms with Crippen LogP contribution in [0, 0.1) is 0 Å². The summed E-state index contributed by atoms with van der Waals surface area (Å²) in [6.45, 7) is 1.51. The van der Waals surface area contributed by atoms with Crippen LogP contribution in [0.3, 0.4) is 0 Å². The lowest BCUT2D eigenvalue weighted by Gasteiger charge is -2.12. The highest BCUT2D eigenvalue weighted by molar-refractivity contribution is 5.69. The molecule has 0 radical (unpaired) electrons. The first-order valence-electron chi connectivity index (χ1n) is 10.4. The number of hydrogen-bond donors (Lipinski definition) is 3. The van der Waals surface area contributed by atoms with Crippen LogP contribution < -0.4 is 0 Å². The molecule has 1 atom stereocenters. The minimum absolute atomic E-state index is 0.209. The van der Waals surface area contributed by atoms with Crippen molar-refractivity contribution >= 4 is 5.97 Å². The lowest BCUT2D eigenvalue weighted by molar-refractivity contribution is -0.153. The lowest BCUT2D eigenvalue weighted by Crippen LogP contribution is -2.25. The molecule has 0 rings (SSSR count). The summed E-state index contributed by atoms with van der Waals surface area (Å²) in [7, 11) is 0. The van der Waals surface area contributed by atoms with Crippen LogP contribution in [-0.4, -0.2) is 46.7 Å². The van der Waals surface area contributed by atoms with E-state index in [-0.39, 0.29) is 25.3 Å². The van der Waals surface area contributed by atoms with Crippen LogP contribution in [0.5, 0.6) is 0 Å². The SMILES string of the molecule is CCCCCC=CCCC(O)CCCCCCCC(=O)OC(CO)CO. The van der Waals surface area contributed by atoms with E-state index in [1.165, 1.54) is 19.3 Å². The fourth-order valence-corrected chi connectivity index (χ4v) is 2.74. The molecule has 0 aromatic heterocycles. The van der Waals surface area contributed by atoms with Crippen molar-refractivity contribution in [2.75, 3.05) is 13.2 Å². The number of rotatable bonds is 18. The molecule has 0 aliphatic carbocycles. The molecule has 26 heavy (non-hydrogen) atoms. The predicted octanol–water partition coefficient (Wildman–Crippen LogP) is 3.89. The highest BCUT2D eigenvalue weighted by Crippen LogP contribution is 2.12. The van der Waals surface area contributed by atoms with Crippen molar-refractivity contribution in [3.8, 4) is 0 Å². The van der Waals surface area contributed by atoms with E-state index in [2.05, 4.69) is 19.1 Å². The van der Waals surface area contributed by atoms with E-state index in [9.17, 15) is 9.90 Å². The van der Waals surface area contributed by atoms with Gasteiger partial charge >= 0.3 is 5.97 Å². The number of esters is 1. The quantitative estimate of drug-likeness (QED) is 0.193. The smallest absolute Gasteiger partial charge is 0.306 e. The molecule has 0 amide bonds. The molecule has 0 heterocycles. The van der Waals surface area contributed by atoms with E-state index < -0.39 is 6.10 Å². The number of ether oxygens (including phenoxy) is 1. The Morgan fingerprint density at radius 3 is 2.23 bits per heavy atom. The number of aliphatic hydroxyl groups excluding tert-OH is 3. The Labute approximate surface area is 159 Å². The van der Waals surface area contributed by atoms with Crippen LogP contribution >= 0.6 is 0 Å². The van der Waals surface area contributed by atoms with Gasteiger partial charge in [-0.1, -0.05) is 57.6 Å². The van der Waals surface area contributed by atoms with Gasteiger partial charge in [0.05, 0.1) is 19.3 Å². The first-order chi connectivity index (χ1) is 12.6. The number of carbonyl (C=O) groups excluding carboxylic acids is 1. The molecule has 0 fully saturated rings. The van der Waals surface area contributed by atoms with Crippen molar-refractivity contribution < 1.29 is 24.9 Å². The number of unbranched alkanes of at least 4 members (excludes halogenated alkanes) is 7. The van der Waals surface area contributed by atoms with Crippen LogP contribution in [0.15, 0.2) is 12.2 Å². The molecule has 5 nitrogen and oxygen atoms in total. The lowest BCUT2D eigenvalue weighted by atomic mass is 10.0. The third kappa shape index (κ3) is 16.6. The minimum Gasteiger partial charge on any atom is -0.457 e. The van der Waals surface area contributed by atoms with Crippen molar-refractivity contribution in [1.82, 2.24) is 0 Å². The fourth-order valence-electron chi connectivity index (χ4n) is 2.74. The molecule has 154 valence electrons. The number of carbonyl (C=O) groups is 1. The molecule has 0 saturated heterocycles. The Morgan fingerprint density at radius 2 is 1.54 bits per heavy atom. The zero-order valence-electron chi connectivity index (χ0n) is 16.6. The maximum atomic E-state index is 11.5. The Balaban J connectivity index is 3.42. The molecule has 0 aromatic carbocycles. The van der Waals surface area contributed by atoms with Crippen LogP contribution in [-0.2, 0) is 9.53 Å². The maximum absolute atomic E-state index is 11.5. The molecular weight excluding hydrogens is 332 g/mol. The fraction of sp³-hybridized carbons (Fsp3) is 0.857. The van der Waals surface area contributed by atoms with Crippen LogP contribution in [0.25, 0.3) is 0 Å². The third-order valence-corrected chi connectivity index (χ3v) is 4.43. The Kier molecular flexibility index (Phi) is 18.2. The molecule has 0 saturated carbocycles. The van der Waals surface area contributed by atoms with Gasteiger partial charge in [-0.25, -0.2) is 0 Å². The van der Waals surface area contributed by atoms with Gasteiger partial charge in [0.25, 0.3) is 0 Å². The molecule has 3 N–H and O–H groups in total. The Hall–Kier alpha value is -0.910. The highest BCUT2D eigenvalue weighted by atomic mass is 16.6. The average Bonchev–Trinajstić information content (AvgIpc) is 2.64. The average molecular weight is 373 g/mol. The summed E-state index contributed by atoms with van der Waals surface area (Å²) in [6.07, 6.45) is 16.2. The molecular formula is C21H40O5. The van der Waals surface area contributed by atoms with E-state index in [4.69, 9.17) is 14.9 Å². The summed E-state index contributed by atoms with van der Waals surface area (Å²) >= 11 is 0. The van der Waals surface area contributed by atoms with Gasteiger partial charge in [0.15, 0.2) is 0 Å². The second kappa shape index (κ2) is 18.9. The van der Waals surface area contributed by atoms with Crippen LogP contribution in [0.4, 0.5) is 0 Å². The van der Waals surface area contributed by atoms with Gasteiger partial charge in [0, 0.05) is 6.42 Å². The van der Waals surface area contributed by atoms with Gasteiger partial charge in [-0.15, -0.1) is 0 Å². The molecule has 0 aliphatic heterocycles. The summed E-state index contributed by atoms with van der Waals surface area (Å²) in [5.74, 6) is -0.365. The molecule has 0 spiro atoms. The second-order valence-corrected chi connectivity index (χ2v) is 6.98. The first kappa shape index (κ1) is 25.1. The molecule has 1 unspecified atom stereocenters. The number of aliphatic hydroxyl groups is 3. The van der Waals surface area contributed by atoms with E-state index in [1.807, 2.05) is 0 Å². The summed E-state index contributed by atoms with van der Waals surface area (Å²) in [4.78, 5) is 11.5. The first-order valence-corrected chi connectivity index (χ1v) is 10.4. The van der Waals surface area contributed by atoms with Crippen LogP contribution in [0.2, 0.25) is 0 Å². The maximum Gasteiger partial charge on any atom is 0.306 e. The topological polar surface area (TPSA) is 87.0 Å². The molecule has 0 aromatic rings. The van der Waals surface area contributed by atoms with Gasteiger partial charge in [0.1, 0.15) is 6.10 Å². The van der Waals surface area contributed by atoms with Gasteiger partial charge in [-0.05, 0) is 38.5 Å². The van der Waals surface area contributed by atoms with E-state index in [1.54, 1.807) is 0 Å². The van der Waals surface area contributed by atoms with Crippen LogP contribution in [0.1, 0.15) is 90.4 Å². The van der Waals surface area contributed by atoms with E-state index in [0.717, 1.165) is 57.8 Å². The minimum atomic E-state index is -0.796. The molecule has 5 heteroatoms. The van der Waals surface area contributed by atoms with Gasteiger partial charge in [0.2, 0.25) is 0 Å². The summed E-state index contributed by atoms with van der Waals surface area (Å²) in [5.41, 5.74) is 0. The van der Waals surface area contributed by atoms with Gasteiger partial charge < -0.3 is 20.1 Å². The zero-order valence-corrected chi connectivity index (χ0v) is 16.6. The van der Waals surface area contributed by atoms with E-state index in [0.29, 0.717) is 6.42 Å². The van der Waals surface area contributed by atoms with Crippen molar-refractivity contribution in [2.45, 2.75) is 103 Å². The Bertz CT molecular complexity index is 339. The Morgan fingerprint density at radius 1 is 0.885 bits per heavy atom. The largest absolute Gasteiger partial charge is 0.457 e. The van der Waals surface area contributed by atoms with Gasteiger partial charge in [-0.3, -0.25) is 4.79 Å². The summed E-state index contributed by atoms with van der Waals surface area (Å²) in [6, 6.07) is 0.